The van der Waals surface area contributed by atoms with E-state index in [1.165, 1.54) is 14.6 Å². The number of aryl methyl sites for hydroxylation is 2. The van der Waals surface area contributed by atoms with Gasteiger partial charge < -0.3 is 5.32 Å². The third-order valence-electron chi connectivity index (χ3n) is 2.71. The fourth-order valence-corrected chi connectivity index (χ4v) is 3.83. The zero-order chi connectivity index (χ0) is 13.4. The highest BCUT2D eigenvalue weighted by Gasteiger charge is 2.09. The third-order valence-corrected chi connectivity index (χ3v) is 4.83. The number of hydrogen-bond acceptors (Lipinski definition) is 5. The Morgan fingerprint density at radius 1 is 1.16 bits per heavy atom. The number of aromatic nitrogens is 2. The van der Waals surface area contributed by atoms with Gasteiger partial charge in [0.1, 0.15) is 10.6 Å². The summed E-state index contributed by atoms with van der Waals surface area (Å²) in [6.45, 7) is 4.93. The molecule has 0 radical (unpaired) electrons. The molecule has 0 aliphatic heterocycles. The molecule has 6 heteroatoms. The fraction of sp³-hybridized carbons (Fsp3) is 0.231. The van der Waals surface area contributed by atoms with E-state index in [9.17, 15) is 0 Å². The lowest BCUT2D eigenvalue weighted by molar-refractivity contribution is 1.13. The highest BCUT2D eigenvalue weighted by Crippen LogP contribution is 2.30. The second kappa shape index (κ2) is 5.07. The summed E-state index contributed by atoms with van der Waals surface area (Å²) in [6, 6.07) is 6.35. The third kappa shape index (κ3) is 2.73. The minimum atomic E-state index is 0.291. The maximum atomic E-state index is 5.97. The Morgan fingerprint density at radius 2 is 2.00 bits per heavy atom. The molecule has 19 heavy (non-hydrogen) atoms. The van der Waals surface area contributed by atoms with Crippen LogP contribution in [0.5, 0.6) is 0 Å². The summed E-state index contributed by atoms with van der Waals surface area (Å²) >= 11 is 9.38. The van der Waals surface area contributed by atoms with Gasteiger partial charge in [-0.15, -0.1) is 22.7 Å². The van der Waals surface area contributed by atoms with Crippen LogP contribution in [0.25, 0.3) is 10.2 Å². The summed E-state index contributed by atoms with van der Waals surface area (Å²) in [4.78, 5) is 13.3. The highest BCUT2D eigenvalue weighted by atomic mass is 35.5. The molecular formula is C13H12ClN3S2. The van der Waals surface area contributed by atoms with Crippen molar-refractivity contribution in [3.05, 3.63) is 38.1 Å². The van der Waals surface area contributed by atoms with Crippen LogP contribution >= 0.6 is 34.3 Å². The van der Waals surface area contributed by atoms with E-state index in [1.807, 2.05) is 0 Å². The zero-order valence-electron chi connectivity index (χ0n) is 10.5. The molecule has 0 bridgehead atoms. The number of hydrogen-bond donors (Lipinski definition) is 1. The van der Waals surface area contributed by atoms with Crippen LogP contribution < -0.4 is 5.32 Å². The van der Waals surface area contributed by atoms with E-state index in [2.05, 4.69) is 47.3 Å². The van der Waals surface area contributed by atoms with Gasteiger partial charge in [0, 0.05) is 14.6 Å². The molecule has 3 rings (SSSR count). The first-order chi connectivity index (χ1) is 9.11. The van der Waals surface area contributed by atoms with E-state index in [-0.39, 0.29) is 0 Å². The summed E-state index contributed by atoms with van der Waals surface area (Å²) < 4.78 is 0. The molecule has 98 valence electrons. The van der Waals surface area contributed by atoms with Crippen LogP contribution in [0, 0.1) is 13.8 Å². The lowest BCUT2D eigenvalue weighted by atomic mass is 10.3. The summed E-state index contributed by atoms with van der Waals surface area (Å²) in [6.07, 6.45) is 0. The first-order valence-corrected chi connectivity index (χ1v) is 7.86. The zero-order valence-corrected chi connectivity index (χ0v) is 12.9. The first kappa shape index (κ1) is 12.8. The van der Waals surface area contributed by atoms with E-state index >= 15 is 0 Å². The summed E-state index contributed by atoms with van der Waals surface area (Å²) in [7, 11) is 0. The van der Waals surface area contributed by atoms with Gasteiger partial charge in [-0.25, -0.2) is 9.97 Å². The maximum Gasteiger partial charge on any atom is 0.225 e. The summed E-state index contributed by atoms with van der Waals surface area (Å²) in [5.74, 6) is 0.811. The van der Waals surface area contributed by atoms with Gasteiger partial charge in [0.15, 0.2) is 0 Å². The smallest absolute Gasteiger partial charge is 0.225 e. The Bertz CT molecular complexity index is 733. The molecule has 0 aliphatic rings. The number of nitrogens with zero attached hydrogens (tertiary/aromatic N) is 2. The van der Waals surface area contributed by atoms with E-state index < -0.39 is 0 Å². The molecule has 3 aromatic rings. The molecule has 0 spiro atoms. The van der Waals surface area contributed by atoms with Gasteiger partial charge in [0.05, 0.1) is 11.9 Å². The summed E-state index contributed by atoms with van der Waals surface area (Å²) in [5, 5.41) is 4.69. The molecular weight excluding hydrogens is 298 g/mol. The largest absolute Gasteiger partial charge is 0.364 e. The molecule has 3 heterocycles. The topological polar surface area (TPSA) is 37.8 Å². The SMILES string of the molecule is Cc1ccc(CNc2nc(Cl)nc3sc(C)cc23)s1. The van der Waals surface area contributed by atoms with Gasteiger partial charge in [-0.1, -0.05) is 0 Å². The maximum absolute atomic E-state index is 5.97. The summed E-state index contributed by atoms with van der Waals surface area (Å²) in [5.41, 5.74) is 0. The van der Waals surface area contributed by atoms with Gasteiger partial charge in [-0.05, 0) is 43.6 Å². The number of thiophene rings is 2. The molecule has 0 fully saturated rings. The van der Waals surface area contributed by atoms with Crippen LogP contribution in [0.15, 0.2) is 18.2 Å². The monoisotopic (exact) mass is 309 g/mol. The van der Waals surface area contributed by atoms with E-state index in [1.54, 1.807) is 22.7 Å². The molecule has 0 aromatic carbocycles. The lowest BCUT2D eigenvalue weighted by Gasteiger charge is -2.05. The van der Waals surface area contributed by atoms with Crippen molar-refractivity contribution in [1.82, 2.24) is 9.97 Å². The van der Waals surface area contributed by atoms with Crippen molar-refractivity contribution in [3.63, 3.8) is 0 Å². The van der Waals surface area contributed by atoms with Gasteiger partial charge in [-0.3, -0.25) is 0 Å². The Balaban J connectivity index is 1.91. The molecule has 0 saturated carbocycles. The van der Waals surface area contributed by atoms with E-state index in [0.717, 1.165) is 22.6 Å². The van der Waals surface area contributed by atoms with Gasteiger partial charge in [-0.2, -0.15) is 0 Å². The Hall–Kier alpha value is -1.17. The Kier molecular flexibility index (Phi) is 3.43. The van der Waals surface area contributed by atoms with Crippen LogP contribution in [0.1, 0.15) is 14.6 Å². The van der Waals surface area contributed by atoms with Crippen molar-refractivity contribution in [2.75, 3.05) is 5.32 Å². The number of rotatable bonds is 3. The van der Waals surface area contributed by atoms with Crippen molar-refractivity contribution in [3.8, 4) is 0 Å². The Labute approximate surface area is 124 Å². The number of nitrogens with one attached hydrogen (secondary N) is 1. The molecule has 3 nitrogen and oxygen atoms in total. The predicted octanol–water partition coefficient (Wildman–Crippen LogP) is 4.64. The van der Waals surface area contributed by atoms with Crippen molar-refractivity contribution in [2.24, 2.45) is 0 Å². The second-order valence-electron chi connectivity index (χ2n) is 4.28. The molecule has 1 N–H and O–H groups in total. The van der Waals surface area contributed by atoms with Crippen LogP contribution in [0.4, 0.5) is 5.82 Å². The molecule has 0 aliphatic carbocycles. The lowest BCUT2D eigenvalue weighted by Crippen LogP contribution is -2.01. The van der Waals surface area contributed by atoms with E-state index in [4.69, 9.17) is 11.6 Å². The minimum Gasteiger partial charge on any atom is -0.364 e. The quantitative estimate of drug-likeness (QED) is 0.716. The molecule has 0 atom stereocenters. The number of halogens is 1. The standard InChI is InChI=1S/C13H12ClN3S2/c1-7-3-4-9(18-7)6-15-11-10-5-8(2)19-12(10)17-13(14)16-11/h3-5H,6H2,1-2H3,(H,15,16,17). The van der Waals surface area contributed by atoms with Crippen molar-refractivity contribution >= 4 is 50.3 Å². The fourth-order valence-electron chi connectivity index (χ4n) is 1.90. The molecule has 0 saturated heterocycles. The second-order valence-corrected chi connectivity index (χ2v) is 7.23. The predicted molar refractivity (Wildman–Crippen MR) is 83.5 cm³/mol. The van der Waals surface area contributed by atoms with Gasteiger partial charge in [0.2, 0.25) is 5.28 Å². The van der Waals surface area contributed by atoms with Gasteiger partial charge in [0.25, 0.3) is 0 Å². The minimum absolute atomic E-state index is 0.291. The highest BCUT2D eigenvalue weighted by molar-refractivity contribution is 7.18. The number of fused-ring (bicyclic) bond motifs is 1. The Morgan fingerprint density at radius 3 is 2.74 bits per heavy atom. The van der Waals surface area contributed by atoms with Crippen LogP contribution in [-0.4, -0.2) is 9.97 Å². The van der Waals surface area contributed by atoms with Crippen LogP contribution in [0.3, 0.4) is 0 Å². The molecule has 0 amide bonds. The van der Waals surface area contributed by atoms with Crippen molar-refractivity contribution < 1.29 is 0 Å². The normalized spacial score (nSPS) is 11.1. The van der Waals surface area contributed by atoms with Crippen molar-refractivity contribution in [1.29, 1.82) is 0 Å². The van der Waals surface area contributed by atoms with Crippen LogP contribution in [-0.2, 0) is 6.54 Å². The average Bonchev–Trinajstić information content (AvgIpc) is 2.91. The van der Waals surface area contributed by atoms with Crippen LogP contribution in [0.2, 0.25) is 5.28 Å². The average molecular weight is 310 g/mol. The molecule has 3 aromatic heterocycles. The van der Waals surface area contributed by atoms with Gasteiger partial charge >= 0.3 is 0 Å². The first-order valence-electron chi connectivity index (χ1n) is 5.85. The molecule has 0 unspecified atom stereocenters. The van der Waals surface area contributed by atoms with Crippen molar-refractivity contribution in [2.45, 2.75) is 20.4 Å². The number of anilines is 1. The van der Waals surface area contributed by atoms with E-state index in [0.29, 0.717) is 5.28 Å².